The normalized spacial score (nSPS) is 4.50. The van der Waals surface area contributed by atoms with Gasteiger partial charge in [-0.15, -0.1) is 0 Å². The molecule has 0 rings (SSSR count). The van der Waals surface area contributed by atoms with E-state index in [1.165, 1.54) is 0 Å². The quantitative estimate of drug-likeness (QED) is 0.425. The van der Waals surface area contributed by atoms with Crippen LogP contribution in [0, 0.1) is 0 Å². The zero-order valence-corrected chi connectivity index (χ0v) is 9.45. The molecule has 31 valence electrons. The summed E-state index contributed by atoms with van der Waals surface area (Å²) in [6, 6.07) is 0. The first-order valence-corrected chi connectivity index (χ1v) is 0.775. The van der Waals surface area contributed by atoms with E-state index in [2.05, 4.69) is 0 Å². The minimum atomic E-state index is -2.17. The van der Waals surface area contributed by atoms with Gasteiger partial charge in [-0.1, -0.05) is 0 Å². The Morgan fingerprint density at radius 3 is 1.17 bits per heavy atom. The van der Waals surface area contributed by atoms with Crippen LogP contribution in [0.1, 0.15) is 2.85 Å². The third-order valence-corrected chi connectivity index (χ3v) is 0. The summed E-state index contributed by atoms with van der Waals surface area (Å²) < 4.78 is 0. The van der Waals surface area contributed by atoms with E-state index in [0.717, 1.165) is 0 Å². The monoisotopic (exact) mass is 247 g/mol. The molecule has 0 aliphatic carbocycles. The molecule has 0 spiro atoms. The van der Waals surface area contributed by atoms with Crippen LogP contribution in [0.5, 0.6) is 0 Å². The molecule has 3 nitrogen and oxygen atoms in total. The van der Waals surface area contributed by atoms with Crippen LogP contribution in [0.4, 0.5) is 0 Å². The van der Waals surface area contributed by atoms with E-state index in [0.29, 0.717) is 0 Å². The van der Waals surface area contributed by atoms with Gasteiger partial charge in [0.2, 0.25) is 0 Å². The molecule has 0 bridgehead atoms. The van der Waals surface area contributed by atoms with Gasteiger partial charge >= 0.3 is 56.2 Å². The van der Waals surface area contributed by atoms with Crippen LogP contribution in [0.25, 0.3) is 0 Å². The SMILES string of the molecule is OB(O)O.[Ba+2].[H-].[H-].[Sc]. The third kappa shape index (κ3) is 32.5. The summed E-state index contributed by atoms with van der Waals surface area (Å²) in [5, 5.41) is 21.5. The molecule has 0 saturated carbocycles. The molecule has 0 aliphatic heterocycles. The fourth-order valence-electron chi connectivity index (χ4n) is 0. The van der Waals surface area contributed by atoms with Crippen molar-refractivity contribution in [3.63, 3.8) is 0 Å². The predicted molar refractivity (Wildman–Crippen MR) is 20.4 cm³/mol. The van der Waals surface area contributed by atoms with Gasteiger partial charge in [0.15, 0.2) is 0 Å². The van der Waals surface area contributed by atoms with E-state index >= 15 is 0 Å². The molecular weight excluding hydrogens is 241 g/mol. The summed E-state index contributed by atoms with van der Waals surface area (Å²) in [4.78, 5) is 0. The van der Waals surface area contributed by atoms with Gasteiger partial charge < -0.3 is 17.9 Å². The van der Waals surface area contributed by atoms with Gasteiger partial charge in [0.1, 0.15) is 0 Å². The first-order chi connectivity index (χ1) is 1.73. The van der Waals surface area contributed by atoms with Crippen LogP contribution in [0.15, 0.2) is 0 Å². The van der Waals surface area contributed by atoms with E-state index in [9.17, 15) is 0 Å². The van der Waals surface area contributed by atoms with Gasteiger partial charge in [-0.2, -0.15) is 0 Å². The van der Waals surface area contributed by atoms with E-state index < -0.39 is 7.32 Å². The van der Waals surface area contributed by atoms with Crippen LogP contribution in [0.3, 0.4) is 0 Å². The Bertz CT molecular complexity index is 22.0. The minimum absolute atomic E-state index is 0. The molecule has 0 unspecified atom stereocenters. The molecule has 6 heavy (non-hydrogen) atoms. The molecule has 0 atom stereocenters. The van der Waals surface area contributed by atoms with Gasteiger partial charge in [-0.25, -0.2) is 0 Å². The van der Waals surface area contributed by atoms with Crippen molar-refractivity contribution in [2.45, 2.75) is 0 Å². The fraction of sp³-hybridized carbons (Fsp3) is 0. The zero-order chi connectivity index (χ0) is 3.58. The Morgan fingerprint density at radius 2 is 1.17 bits per heavy atom. The number of hydrogen-bond acceptors (Lipinski definition) is 3. The van der Waals surface area contributed by atoms with Gasteiger partial charge in [-0.05, 0) is 0 Å². The Balaban J connectivity index is -0.00000000750. The van der Waals surface area contributed by atoms with Crippen LogP contribution in [-0.2, 0) is 25.8 Å². The molecule has 0 fully saturated rings. The first-order valence-electron chi connectivity index (χ1n) is 0.775. The van der Waals surface area contributed by atoms with E-state index in [1.807, 2.05) is 0 Å². The first kappa shape index (κ1) is 15.8. The van der Waals surface area contributed by atoms with Crippen molar-refractivity contribution in [1.29, 1.82) is 0 Å². The average molecular weight is 246 g/mol. The molecule has 0 aromatic carbocycles. The van der Waals surface area contributed by atoms with Crippen LogP contribution in [0.2, 0.25) is 0 Å². The maximum absolute atomic E-state index is 7.17. The topological polar surface area (TPSA) is 60.7 Å². The van der Waals surface area contributed by atoms with Crippen molar-refractivity contribution < 1.29 is 43.8 Å². The van der Waals surface area contributed by atoms with E-state index in [1.54, 1.807) is 0 Å². The van der Waals surface area contributed by atoms with Gasteiger partial charge in [0.05, 0.1) is 0 Å². The standard InChI is InChI=1S/BH3O3.Ba.Sc.2H/c2-1(3)4;;;;/h2-4H;;;;/q;+2;;2*-1. The molecule has 3 N–H and O–H groups in total. The second-order valence-electron chi connectivity index (χ2n) is 0.346. The average Bonchev–Trinajstić information content (AvgIpc) is 0.811. The maximum atomic E-state index is 7.17. The van der Waals surface area contributed by atoms with Crippen molar-refractivity contribution in [1.82, 2.24) is 0 Å². The van der Waals surface area contributed by atoms with Gasteiger partial charge in [-0.3, -0.25) is 0 Å². The third-order valence-electron chi connectivity index (χ3n) is 0. The largest absolute Gasteiger partial charge is 2.00 e. The molecule has 0 aliphatic rings. The molecule has 1 radical (unpaired) electrons. The van der Waals surface area contributed by atoms with Gasteiger partial charge in [0, 0.05) is 25.8 Å². The molecule has 0 amide bonds. The Morgan fingerprint density at radius 1 is 1.17 bits per heavy atom. The molecule has 6 heteroatoms. The molecule has 0 aromatic rings. The summed E-state index contributed by atoms with van der Waals surface area (Å²) in [6.07, 6.45) is 0. The molecular formula is H5BBaO3Sc. The Kier molecular flexibility index (Phi) is 27.3. The predicted octanol–water partition coefficient (Wildman–Crippen LogP) is -2.21. The summed E-state index contributed by atoms with van der Waals surface area (Å²) in [5.74, 6) is 0. The van der Waals surface area contributed by atoms with Crippen molar-refractivity contribution >= 4 is 56.2 Å². The zero-order valence-electron chi connectivity index (χ0n) is 5.20. The van der Waals surface area contributed by atoms with Crippen LogP contribution in [-0.4, -0.2) is 71.3 Å². The summed E-state index contributed by atoms with van der Waals surface area (Å²) in [6.45, 7) is 0. The summed E-state index contributed by atoms with van der Waals surface area (Å²) >= 11 is 0. The molecule has 0 heterocycles. The number of rotatable bonds is 0. The summed E-state index contributed by atoms with van der Waals surface area (Å²) in [7, 11) is -2.17. The van der Waals surface area contributed by atoms with Crippen molar-refractivity contribution in [2.75, 3.05) is 0 Å². The summed E-state index contributed by atoms with van der Waals surface area (Å²) in [5.41, 5.74) is 0. The maximum Gasteiger partial charge on any atom is 2.00 e. The van der Waals surface area contributed by atoms with Gasteiger partial charge in [0.25, 0.3) is 0 Å². The van der Waals surface area contributed by atoms with E-state index in [-0.39, 0.29) is 77.6 Å². The van der Waals surface area contributed by atoms with E-state index in [4.69, 9.17) is 15.1 Å². The Labute approximate surface area is 98.1 Å². The van der Waals surface area contributed by atoms with Crippen molar-refractivity contribution in [3.05, 3.63) is 0 Å². The molecule has 0 saturated heterocycles. The smallest absolute Gasteiger partial charge is 1.00 e. The van der Waals surface area contributed by atoms with Crippen LogP contribution < -0.4 is 0 Å². The van der Waals surface area contributed by atoms with Crippen molar-refractivity contribution in [3.8, 4) is 0 Å². The second-order valence-corrected chi connectivity index (χ2v) is 0.346. The van der Waals surface area contributed by atoms with Crippen LogP contribution >= 0.6 is 0 Å². The van der Waals surface area contributed by atoms with Crippen molar-refractivity contribution in [2.24, 2.45) is 0 Å². The molecule has 0 aromatic heterocycles. The minimum Gasteiger partial charge on any atom is -1.00 e. The second kappa shape index (κ2) is 10.4. The number of hydrogen-bond donors (Lipinski definition) is 3. The fourth-order valence-corrected chi connectivity index (χ4v) is 0. The Hall–Kier alpha value is 2.39.